The molecule has 1 aliphatic heterocycles. The molecular weight excluding hydrogens is 292 g/mol. The molecule has 0 bridgehead atoms. The van der Waals surface area contributed by atoms with Crippen molar-refractivity contribution in [2.24, 2.45) is 0 Å². The first-order valence-corrected chi connectivity index (χ1v) is 7.78. The van der Waals surface area contributed by atoms with E-state index in [1.165, 1.54) is 0 Å². The van der Waals surface area contributed by atoms with Gasteiger partial charge in [-0.2, -0.15) is 0 Å². The third-order valence-corrected chi connectivity index (χ3v) is 4.36. The first-order valence-electron chi connectivity index (χ1n) is 7.78. The van der Waals surface area contributed by atoms with Crippen LogP contribution in [0.4, 0.5) is 0 Å². The summed E-state index contributed by atoms with van der Waals surface area (Å²) in [6, 6.07) is 8.13. The van der Waals surface area contributed by atoms with E-state index in [-0.39, 0.29) is 11.9 Å². The fourth-order valence-corrected chi connectivity index (χ4v) is 3.12. The summed E-state index contributed by atoms with van der Waals surface area (Å²) in [6.07, 6.45) is 3.54. The number of nitrogens with zero attached hydrogens (tertiary/aromatic N) is 3. The zero-order chi connectivity index (χ0) is 16.2. The minimum Gasteiger partial charge on any atom is -0.496 e. The van der Waals surface area contributed by atoms with Gasteiger partial charge in [-0.3, -0.25) is 9.69 Å². The van der Waals surface area contributed by atoms with Gasteiger partial charge in [-0.1, -0.05) is 18.2 Å². The average Bonchev–Trinajstić information content (AvgIpc) is 3.08. The number of hydrogen-bond acceptors (Lipinski definition) is 4. The van der Waals surface area contributed by atoms with Crippen molar-refractivity contribution in [1.82, 2.24) is 19.8 Å². The zero-order valence-corrected chi connectivity index (χ0v) is 13.5. The molecule has 1 fully saturated rings. The molecule has 1 atom stereocenters. The number of aromatic nitrogens is 2. The molecule has 0 spiro atoms. The highest BCUT2D eigenvalue weighted by Gasteiger charge is 2.31. The molecule has 3 rings (SSSR count). The van der Waals surface area contributed by atoms with Gasteiger partial charge in [0.2, 0.25) is 5.91 Å². The van der Waals surface area contributed by atoms with Crippen molar-refractivity contribution >= 4 is 5.91 Å². The van der Waals surface area contributed by atoms with Crippen LogP contribution in [0.5, 0.6) is 5.75 Å². The van der Waals surface area contributed by atoms with Crippen LogP contribution in [0.25, 0.3) is 0 Å². The zero-order valence-electron chi connectivity index (χ0n) is 13.5. The molecule has 1 saturated heterocycles. The molecule has 1 aliphatic rings. The molecule has 1 aromatic carbocycles. The van der Waals surface area contributed by atoms with Gasteiger partial charge < -0.3 is 14.6 Å². The lowest BCUT2D eigenvalue weighted by Gasteiger charge is -2.41. The smallest absolute Gasteiger partial charge is 0.219 e. The van der Waals surface area contributed by atoms with E-state index in [1.807, 2.05) is 29.3 Å². The van der Waals surface area contributed by atoms with Crippen molar-refractivity contribution in [3.8, 4) is 5.75 Å². The number of H-pyrrole nitrogens is 1. The van der Waals surface area contributed by atoms with Gasteiger partial charge in [0.1, 0.15) is 5.75 Å². The summed E-state index contributed by atoms with van der Waals surface area (Å²) in [5.41, 5.74) is 2.18. The quantitative estimate of drug-likeness (QED) is 0.935. The average molecular weight is 314 g/mol. The van der Waals surface area contributed by atoms with E-state index in [4.69, 9.17) is 4.74 Å². The molecular formula is C17H22N4O2. The molecule has 1 amide bonds. The Hall–Kier alpha value is -2.34. The van der Waals surface area contributed by atoms with Crippen LogP contribution < -0.4 is 4.74 Å². The fourth-order valence-electron chi connectivity index (χ4n) is 3.12. The number of nitrogens with one attached hydrogen (secondary N) is 1. The van der Waals surface area contributed by atoms with Crippen molar-refractivity contribution in [1.29, 1.82) is 0 Å². The Morgan fingerprint density at radius 2 is 2.22 bits per heavy atom. The molecule has 2 heterocycles. The lowest BCUT2D eigenvalue weighted by Crippen LogP contribution is -2.49. The molecule has 0 radical (unpaired) electrons. The van der Waals surface area contributed by atoms with Crippen LogP contribution >= 0.6 is 0 Å². The van der Waals surface area contributed by atoms with E-state index in [2.05, 4.69) is 20.9 Å². The van der Waals surface area contributed by atoms with Crippen LogP contribution in [0.15, 0.2) is 36.8 Å². The van der Waals surface area contributed by atoms with Gasteiger partial charge in [-0.15, -0.1) is 0 Å². The molecule has 1 N–H and O–H groups in total. The van der Waals surface area contributed by atoms with E-state index < -0.39 is 0 Å². The number of para-hydroxylation sites is 1. The molecule has 23 heavy (non-hydrogen) atoms. The van der Waals surface area contributed by atoms with Gasteiger partial charge in [0, 0.05) is 50.6 Å². The Kier molecular flexibility index (Phi) is 4.62. The third-order valence-electron chi connectivity index (χ3n) is 4.36. The van der Waals surface area contributed by atoms with Crippen LogP contribution in [0, 0.1) is 0 Å². The van der Waals surface area contributed by atoms with Crippen LogP contribution in [0.1, 0.15) is 24.2 Å². The lowest BCUT2D eigenvalue weighted by molar-refractivity contribution is -0.132. The number of benzene rings is 1. The fraction of sp³-hybridized carbons (Fsp3) is 0.412. The normalized spacial score (nSPS) is 18.9. The van der Waals surface area contributed by atoms with Gasteiger partial charge >= 0.3 is 0 Å². The van der Waals surface area contributed by atoms with E-state index >= 15 is 0 Å². The maximum atomic E-state index is 11.8. The Bertz CT molecular complexity index is 656. The third kappa shape index (κ3) is 3.37. The maximum Gasteiger partial charge on any atom is 0.219 e. The predicted octanol–water partition coefficient (Wildman–Crippen LogP) is 1.82. The van der Waals surface area contributed by atoms with Crippen LogP contribution in [-0.2, 0) is 11.3 Å². The van der Waals surface area contributed by atoms with Crippen molar-refractivity contribution in [2.45, 2.75) is 19.5 Å². The topological polar surface area (TPSA) is 61.5 Å². The molecule has 6 nitrogen and oxygen atoms in total. The number of ether oxygens (including phenoxy) is 1. The Balaban J connectivity index is 1.89. The summed E-state index contributed by atoms with van der Waals surface area (Å²) in [6.45, 7) is 4.64. The number of carbonyl (C=O) groups excluding carboxylic acids is 1. The standard InChI is InChI=1S/C17H22N4O2/c1-13(22)20-7-8-21(10-14-9-18-12-19-14)16(11-20)15-5-3-4-6-17(15)23-2/h3-6,9,12,16H,7-8,10-11H2,1-2H3,(H,18,19)/t16-/m1/s1. The van der Waals surface area contributed by atoms with Crippen LogP contribution in [0.3, 0.4) is 0 Å². The van der Waals surface area contributed by atoms with Crippen molar-refractivity contribution in [2.75, 3.05) is 26.7 Å². The van der Waals surface area contributed by atoms with Crippen LogP contribution in [0.2, 0.25) is 0 Å². The second-order valence-corrected chi connectivity index (χ2v) is 5.77. The molecule has 6 heteroatoms. The Morgan fingerprint density at radius 3 is 2.91 bits per heavy atom. The summed E-state index contributed by atoms with van der Waals surface area (Å²) in [5.74, 6) is 0.976. The maximum absolute atomic E-state index is 11.8. The largest absolute Gasteiger partial charge is 0.496 e. The number of imidazole rings is 1. The molecule has 0 unspecified atom stereocenters. The summed E-state index contributed by atoms with van der Waals surface area (Å²) >= 11 is 0. The van der Waals surface area contributed by atoms with Crippen molar-refractivity contribution in [3.05, 3.63) is 48.0 Å². The Morgan fingerprint density at radius 1 is 1.39 bits per heavy atom. The number of piperazine rings is 1. The van der Waals surface area contributed by atoms with Gasteiger partial charge in [0.15, 0.2) is 0 Å². The summed E-state index contributed by atoms with van der Waals surface area (Å²) in [4.78, 5) is 23.3. The second-order valence-electron chi connectivity index (χ2n) is 5.77. The summed E-state index contributed by atoms with van der Waals surface area (Å²) in [7, 11) is 1.68. The highest BCUT2D eigenvalue weighted by Crippen LogP contribution is 2.32. The lowest BCUT2D eigenvalue weighted by atomic mass is 10.0. The van der Waals surface area contributed by atoms with E-state index in [0.29, 0.717) is 6.54 Å². The Labute approximate surface area is 136 Å². The highest BCUT2D eigenvalue weighted by atomic mass is 16.5. The minimum atomic E-state index is 0.104. The monoisotopic (exact) mass is 314 g/mol. The summed E-state index contributed by atoms with van der Waals surface area (Å²) < 4.78 is 5.53. The number of carbonyl (C=O) groups is 1. The number of aromatic amines is 1. The van der Waals surface area contributed by atoms with E-state index in [0.717, 1.165) is 36.6 Å². The molecule has 0 aliphatic carbocycles. The first kappa shape index (κ1) is 15.6. The minimum absolute atomic E-state index is 0.104. The first-order chi connectivity index (χ1) is 11.2. The van der Waals surface area contributed by atoms with Crippen molar-refractivity contribution in [3.63, 3.8) is 0 Å². The summed E-state index contributed by atoms with van der Waals surface area (Å²) in [5, 5.41) is 0. The van der Waals surface area contributed by atoms with E-state index in [1.54, 1.807) is 20.4 Å². The number of methoxy groups -OCH3 is 1. The number of rotatable bonds is 4. The molecule has 0 saturated carbocycles. The van der Waals surface area contributed by atoms with Gasteiger partial charge in [-0.05, 0) is 6.07 Å². The second kappa shape index (κ2) is 6.83. The SMILES string of the molecule is COc1ccccc1[C@H]1CN(C(C)=O)CCN1Cc1cnc[nH]1. The van der Waals surface area contributed by atoms with Gasteiger partial charge in [0.05, 0.1) is 19.5 Å². The molecule has 2 aromatic rings. The number of amides is 1. The van der Waals surface area contributed by atoms with Gasteiger partial charge in [0.25, 0.3) is 0 Å². The van der Waals surface area contributed by atoms with Crippen molar-refractivity contribution < 1.29 is 9.53 Å². The highest BCUT2D eigenvalue weighted by molar-refractivity contribution is 5.73. The van der Waals surface area contributed by atoms with Crippen LogP contribution in [-0.4, -0.2) is 52.4 Å². The number of hydrogen-bond donors (Lipinski definition) is 1. The molecule has 1 aromatic heterocycles. The van der Waals surface area contributed by atoms with Gasteiger partial charge in [-0.25, -0.2) is 4.98 Å². The van der Waals surface area contributed by atoms with E-state index in [9.17, 15) is 4.79 Å². The molecule has 122 valence electrons. The predicted molar refractivity (Wildman–Crippen MR) is 87.0 cm³/mol.